The van der Waals surface area contributed by atoms with Crippen molar-refractivity contribution in [3.05, 3.63) is 51.8 Å². The minimum Gasteiger partial charge on any atom is -0.507 e. The van der Waals surface area contributed by atoms with Crippen LogP contribution in [0.25, 0.3) is 0 Å². The summed E-state index contributed by atoms with van der Waals surface area (Å²) in [5.74, 6) is 0.699. The number of anilines is 1. The topological polar surface area (TPSA) is 67.2 Å². The summed E-state index contributed by atoms with van der Waals surface area (Å²) in [6, 6.07) is 4.77. The summed E-state index contributed by atoms with van der Waals surface area (Å²) in [5.41, 5.74) is 2.37. The zero-order valence-electron chi connectivity index (χ0n) is 14.1. The summed E-state index contributed by atoms with van der Waals surface area (Å²) in [4.78, 5) is 13.0. The van der Waals surface area contributed by atoms with Gasteiger partial charge in [-0.1, -0.05) is 25.4 Å². The number of hydrogen-bond donors (Lipinski definition) is 2. The van der Waals surface area contributed by atoms with Crippen LogP contribution in [0.2, 0.25) is 5.02 Å². The molecule has 1 aliphatic heterocycles. The molecule has 5 nitrogen and oxygen atoms in total. The number of nitrogens with one attached hydrogen (secondary N) is 1. The van der Waals surface area contributed by atoms with Crippen molar-refractivity contribution in [2.75, 3.05) is 5.32 Å². The van der Waals surface area contributed by atoms with Gasteiger partial charge in [0.05, 0.1) is 17.3 Å². The molecule has 2 aromatic rings. The second-order valence-corrected chi connectivity index (χ2v) is 6.90. The molecule has 2 heterocycles. The molecule has 0 spiro atoms. The fraction of sp³-hybridized carbons (Fsp3) is 0.333. The molecule has 1 aromatic carbocycles. The minimum absolute atomic E-state index is 0.0623. The number of halogens is 1. The Kier molecular flexibility index (Phi) is 4.13. The highest BCUT2D eigenvalue weighted by molar-refractivity contribution is 6.32. The third-order valence-corrected chi connectivity index (χ3v) is 4.64. The summed E-state index contributed by atoms with van der Waals surface area (Å²) in [6.07, 6.45) is 1.71. The van der Waals surface area contributed by atoms with E-state index >= 15 is 0 Å². The largest absolute Gasteiger partial charge is 0.507 e. The Bertz CT molecular complexity index is 852. The number of carbonyl (C=O) groups excluding carboxylic acids is 1. The normalized spacial score (nSPS) is 16.6. The maximum Gasteiger partial charge on any atom is 0.196 e. The van der Waals surface area contributed by atoms with Crippen molar-refractivity contribution in [3.63, 3.8) is 0 Å². The number of phenols is 1. The van der Waals surface area contributed by atoms with Gasteiger partial charge in [0.2, 0.25) is 0 Å². The van der Waals surface area contributed by atoms with Crippen molar-refractivity contribution in [1.82, 2.24) is 9.78 Å². The average molecular weight is 346 g/mol. The predicted molar refractivity (Wildman–Crippen MR) is 94.7 cm³/mol. The first-order chi connectivity index (χ1) is 11.3. The predicted octanol–water partition coefficient (Wildman–Crippen LogP) is 4.25. The zero-order chi connectivity index (χ0) is 17.6. The van der Waals surface area contributed by atoms with Crippen LogP contribution in [0.3, 0.4) is 0 Å². The van der Waals surface area contributed by atoms with Crippen LogP contribution in [-0.2, 0) is 0 Å². The number of allylic oxidation sites excluding steroid dienone is 1. The van der Waals surface area contributed by atoms with E-state index in [9.17, 15) is 9.90 Å². The smallest absolute Gasteiger partial charge is 0.196 e. The molecule has 0 saturated heterocycles. The van der Waals surface area contributed by atoms with Crippen molar-refractivity contribution in [1.29, 1.82) is 0 Å². The van der Waals surface area contributed by atoms with E-state index in [1.54, 1.807) is 13.1 Å². The molecule has 1 unspecified atom stereocenters. The SMILES string of the molecule is Cc1cc2n(n1)C(C(C)C)C(C(=O)c1cc(Cl)c(C)cc1O)=CN2. The van der Waals surface area contributed by atoms with Crippen molar-refractivity contribution in [2.24, 2.45) is 5.92 Å². The summed E-state index contributed by atoms with van der Waals surface area (Å²) in [7, 11) is 0. The Balaban J connectivity index is 2.06. The van der Waals surface area contributed by atoms with Crippen LogP contribution in [0.1, 0.15) is 41.5 Å². The number of Topliss-reactive ketones (excluding diaryl/α,β-unsaturated/α-hetero) is 1. The van der Waals surface area contributed by atoms with Gasteiger partial charge in [0.25, 0.3) is 0 Å². The molecule has 126 valence electrons. The van der Waals surface area contributed by atoms with Crippen LogP contribution >= 0.6 is 11.6 Å². The number of nitrogens with zero attached hydrogens (tertiary/aromatic N) is 2. The number of aromatic nitrogens is 2. The number of aromatic hydroxyl groups is 1. The van der Waals surface area contributed by atoms with E-state index in [1.807, 2.05) is 31.5 Å². The highest BCUT2D eigenvalue weighted by atomic mass is 35.5. The van der Waals surface area contributed by atoms with E-state index in [4.69, 9.17) is 11.6 Å². The first-order valence-corrected chi connectivity index (χ1v) is 8.24. The summed E-state index contributed by atoms with van der Waals surface area (Å²) >= 11 is 6.14. The lowest BCUT2D eigenvalue weighted by Crippen LogP contribution is -2.28. The monoisotopic (exact) mass is 345 g/mol. The molecule has 1 aliphatic rings. The molecule has 1 aromatic heterocycles. The minimum atomic E-state index is -0.251. The van der Waals surface area contributed by atoms with E-state index < -0.39 is 0 Å². The van der Waals surface area contributed by atoms with Gasteiger partial charge >= 0.3 is 0 Å². The van der Waals surface area contributed by atoms with Crippen LogP contribution in [-0.4, -0.2) is 20.7 Å². The maximum atomic E-state index is 13.0. The number of carbonyl (C=O) groups is 1. The Hall–Kier alpha value is -2.27. The van der Waals surface area contributed by atoms with Crippen LogP contribution < -0.4 is 5.32 Å². The van der Waals surface area contributed by atoms with Crippen molar-refractivity contribution in [2.45, 2.75) is 33.7 Å². The van der Waals surface area contributed by atoms with Gasteiger partial charge in [0, 0.05) is 22.9 Å². The number of ketones is 1. The van der Waals surface area contributed by atoms with E-state index in [-0.39, 0.29) is 29.1 Å². The number of hydrogen-bond acceptors (Lipinski definition) is 4. The molecule has 1 atom stereocenters. The number of rotatable bonds is 3. The molecule has 0 saturated carbocycles. The summed E-state index contributed by atoms with van der Waals surface area (Å²) in [5, 5.41) is 18.3. The van der Waals surface area contributed by atoms with Crippen molar-refractivity contribution < 1.29 is 9.90 Å². The molecule has 24 heavy (non-hydrogen) atoms. The van der Waals surface area contributed by atoms with Gasteiger partial charge in [-0.05, 0) is 37.5 Å². The Labute approximate surface area is 145 Å². The lowest BCUT2D eigenvalue weighted by molar-refractivity contribution is 0.101. The number of aryl methyl sites for hydroxylation is 2. The van der Waals surface area contributed by atoms with Gasteiger partial charge in [0.15, 0.2) is 5.78 Å². The van der Waals surface area contributed by atoms with E-state index in [0.717, 1.165) is 17.1 Å². The van der Waals surface area contributed by atoms with E-state index in [1.165, 1.54) is 12.1 Å². The Morgan fingerprint density at radius 1 is 1.33 bits per heavy atom. The Morgan fingerprint density at radius 2 is 2.04 bits per heavy atom. The summed E-state index contributed by atoms with van der Waals surface area (Å²) < 4.78 is 1.83. The zero-order valence-corrected chi connectivity index (χ0v) is 14.8. The fourth-order valence-electron chi connectivity index (χ4n) is 3.05. The van der Waals surface area contributed by atoms with Crippen LogP contribution in [0.5, 0.6) is 5.75 Å². The highest BCUT2D eigenvalue weighted by Gasteiger charge is 2.32. The van der Waals surface area contributed by atoms with Gasteiger partial charge < -0.3 is 10.4 Å². The van der Waals surface area contributed by atoms with Crippen molar-refractivity contribution in [3.8, 4) is 5.75 Å². The first-order valence-electron chi connectivity index (χ1n) is 7.86. The van der Waals surface area contributed by atoms with Gasteiger partial charge in [-0.15, -0.1) is 0 Å². The van der Waals surface area contributed by atoms with Gasteiger partial charge in [-0.25, -0.2) is 4.68 Å². The quantitative estimate of drug-likeness (QED) is 0.816. The summed E-state index contributed by atoms with van der Waals surface area (Å²) in [6.45, 7) is 7.78. The van der Waals surface area contributed by atoms with E-state index in [0.29, 0.717) is 10.6 Å². The van der Waals surface area contributed by atoms with Crippen LogP contribution in [0.4, 0.5) is 5.82 Å². The molecule has 6 heteroatoms. The molecule has 0 radical (unpaired) electrons. The third-order valence-electron chi connectivity index (χ3n) is 4.23. The second-order valence-electron chi connectivity index (χ2n) is 6.50. The van der Waals surface area contributed by atoms with Crippen LogP contribution in [0, 0.1) is 19.8 Å². The van der Waals surface area contributed by atoms with E-state index in [2.05, 4.69) is 10.4 Å². The number of benzene rings is 1. The molecule has 0 fully saturated rings. The van der Waals surface area contributed by atoms with Crippen molar-refractivity contribution >= 4 is 23.2 Å². The second kappa shape index (κ2) is 5.98. The third kappa shape index (κ3) is 2.69. The lowest BCUT2D eigenvalue weighted by atomic mass is 9.89. The molecule has 3 rings (SSSR count). The molecular weight excluding hydrogens is 326 g/mol. The molecular formula is C18H20ClN3O2. The van der Waals surface area contributed by atoms with Gasteiger partial charge in [0.1, 0.15) is 11.6 Å². The standard InChI is InChI=1S/C18H20ClN3O2/c1-9(2)17-13(8-20-16-6-11(4)21-22(16)17)18(24)12-7-14(19)10(3)5-15(12)23/h5-9,17,20,23H,1-4H3. The molecule has 0 aliphatic carbocycles. The fourth-order valence-corrected chi connectivity index (χ4v) is 3.21. The number of phenolic OH excluding ortho intramolecular Hbond substituents is 1. The molecule has 2 N–H and O–H groups in total. The van der Waals surface area contributed by atoms with Gasteiger partial charge in [-0.2, -0.15) is 5.10 Å². The average Bonchev–Trinajstić information content (AvgIpc) is 2.89. The Morgan fingerprint density at radius 3 is 2.71 bits per heavy atom. The highest BCUT2D eigenvalue weighted by Crippen LogP contribution is 2.37. The first kappa shape index (κ1) is 16.6. The maximum absolute atomic E-state index is 13.0. The van der Waals surface area contributed by atoms with Gasteiger partial charge in [-0.3, -0.25) is 4.79 Å². The lowest BCUT2D eigenvalue weighted by Gasteiger charge is -2.29. The molecule has 0 amide bonds. The van der Waals surface area contributed by atoms with Crippen LogP contribution in [0.15, 0.2) is 30.0 Å². The molecule has 0 bridgehead atoms. The number of fused-ring (bicyclic) bond motifs is 1.